The molecule has 1 aromatic heterocycles. The van der Waals surface area contributed by atoms with Crippen LogP contribution in [-0.4, -0.2) is 40.7 Å². The summed E-state index contributed by atoms with van der Waals surface area (Å²) in [5.41, 5.74) is -0.433. The molecule has 0 bridgehead atoms. The van der Waals surface area contributed by atoms with Gasteiger partial charge in [0, 0.05) is 36.8 Å². The number of piperidine rings is 1. The quantitative estimate of drug-likeness (QED) is 0.932. The monoisotopic (exact) mass is 311 g/mol. The van der Waals surface area contributed by atoms with Crippen molar-refractivity contribution in [3.05, 3.63) is 16.1 Å². The van der Waals surface area contributed by atoms with Crippen LogP contribution in [0.15, 0.2) is 6.20 Å². The summed E-state index contributed by atoms with van der Waals surface area (Å²) in [6, 6.07) is 0.327. The maximum atomic E-state index is 12.1. The Morgan fingerprint density at radius 3 is 2.95 bits per heavy atom. The minimum absolute atomic E-state index is 0.206. The second kappa shape index (κ2) is 6.75. The zero-order valence-corrected chi connectivity index (χ0v) is 14.1. The first-order chi connectivity index (χ1) is 9.83. The van der Waals surface area contributed by atoms with Gasteiger partial charge < -0.3 is 15.0 Å². The Hall–Kier alpha value is -1.14. The molecule has 1 aliphatic heterocycles. The van der Waals surface area contributed by atoms with Crippen molar-refractivity contribution < 1.29 is 9.53 Å². The number of aromatic nitrogens is 1. The molecule has 1 N–H and O–H groups in total. The molecule has 0 aromatic carbocycles. The van der Waals surface area contributed by atoms with Gasteiger partial charge in [-0.15, -0.1) is 11.3 Å². The summed E-state index contributed by atoms with van der Waals surface area (Å²) < 4.78 is 5.44. The van der Waals surface area contributed by atoms with E-state index in [9.17, 15) is 4.79 Å². The minimum atomic E-state index is -0.433. The third-order valence-electron chi connectivity index (χ3n) is 3.31. The normalized spacial score (nSPS) is 19.6. The molecule has 21 heavy (non-hydrogen) atoms. The van der Waals surface area contributed by atoms with E-state index in [-0.39, 0.29) is 6.09 Å². The zero-order valence-electron chi connectivity index (χ0n) is 13.3. The predicted octanol–water partition coefficient (Wildman–Crippen LogP) is 2.94. The van der Waals surface area contributed by atoms with Gasteiger partial charge in [0.25, 0.3) is 0 Å². The molecule has 0 aliphatic carbocycles. The molecule has 2 rings (SSSR count). The number of carbonyl (C=O) groups is 1. The molecule has 1 aromatic rings. The van der Waals surface area contributed by atoms with E-state index in [1.54, 1.807) is 11.3 Å². The van der Waals surface area contributed by atoms with E-state index in [0.717, 1.165) is 30.9 Å². The standard InChI is InChI=1S/C15H25N3O2S/c1-11-16-8-13(21-11)9-17-12-6-5-7-18(10-12)14(19)20-15(2,3)4/h8,12,17H,5-7,9-10H2,1-4H3/t12-/m0/s1. The average Bonchev–Trinajstić information content (AvgIpc) is 2.81. The van der Waals surface area contributed by atoms with Crippen molar-refractivity contribution in [1.29, 1.82) is 0 Å². The van der Waals surface area contributed by atoms with Gasteiger partial charge >= 0.3 is 6.09 Å². The Kier molecular flexibility index (Phi) is 5.22. The molecular formula is C15H25N3O2S. The second-order valence-corrected chi connectivity index (χ2v) is 7.81. The first-order valence-corrected chi connectivity index (χ1v) is 8.28. The highest BCUT2D eigenvalue weighted by atomic mass is 32.1. The number of hydrogen-bond acceptors (Lipinski definition) is 5. The lowest BCUT2D eigenvalue weighted by Gasteiger charge is -2.34. The van der Waals surface area contributed by atoms with Crippen LogP contribution in [0.4, 0.5) is 4.79 Å². The number of thiazole rings is 1. The number of amides is 1. The average molecular weight is 311 g/mol. The zero-order chi connectivity index (χ0) is 15.5. The van der Waals surface area contributed by atoms with Crippen LogP contribution < -0.4 is 5.32 Å². The van der Waals surface area contributed by atoms with Crippen molar-refractivity contribution in [2.75, 3.05) is 13.1 Å². The molecule has 1 atom stereocenters. The first-order valence-electron chi connectivity index (χ1n) is 7.46. The summed E-state index contributed by atoms with van der Waals surface area (Å²) >= 11 is 1.71. The number of rotatable bonds is 3. The molecule has 5 nitrogen and oxygen atoms in total. The van der Waals surface area contributed by atoms with Crippen molar-refractivity contribution >= 4 is 17.4 Å². The third-order valence-corrected chi connectivity index (χ3v) is 4.22. The van der Waals surface area contributed by atoms with Crippen molar-refractivity contribution in [2.45, 2.75) is 58.7 Å². The summed E-state index contributed by atoms with van der Waals surface area (Å²) in [5, 5.41) is 4.61. The summed E-state index contributed by atoms with van der Waals surface area (Å²) in [5.74, 6) is 0. The Morgan fingerprint density at radius 2 is 2.33 bits per heavy atom. The molecule has 1 saturated heterocycles. The van der Waals surface area contributed by atoms with E-state index in [1.807, 2.05) is 38.8 Å². The lowest BCUT2D eigenvalue weighted by molar-refractivity contribution is 0.0187. The number of nitrogens with one attached hydrogen (secondary N) is 1. The molecule has 1 amide bonds. The summed E-state index contributed by atoms with van der Waals surface area (Å²) in [6.07, 6.45) is 3.82. The van der Waals surface area contributed by atoms with Gasteiger partial charge in [0.15, 0.2) is 0 Å². The largest absolute Gasteiger partial charge is 0.444 e. The highest BCUT2D eigenvalue weighted by Gasteiger charge is 2.27. The smallest absolute Gasteiger partial charge is 0.410 e. The highest BCUT2D eigenvalue weighted by Crippen LogP contribution is 2.17. The van der Waals surface area contributed by atoms with E-state index in [2.05, 4.69) is 10.3 Å². The van der Waals surface area contributed by atoms with Crippen LogP contribution in [0.1, 0.15) is 43.5 Å². The fourth-order valence-corrected chi connectivity index (χ4v) is 3.11. The van der Waals surface area contributed by atoms with Gasteiger partial charge in [-0.2, -0.15) is 0 Å². The van der Waals surface area contributed by atoms with Gasteiger partial charge in [-0.05, 0) is 40.5 Å². The fraction of sp³-hybridized carbons (Fsp3) is 0.733. The number of carbonyl (C=O) groups excluding carboxylic acids is 1. The molecule has 0 radical (unpaired) electrons. The summed E-state index contributed by atoms with van der Waals surface area (Å²) in [6.45, 7) is 10.0. The fourth-order valence-electron chi connectivity index (χ4n) is 2.37. The van der Waals surface area contributed by atoms with E-state index in [0.29, 0.717) is 12.6 Å². The van der Waals surface area contributed by atoms with Crippen molar-refractivity contribution in [2.24, 2.45) is 0 Å². The molecule has 1 aliphatic rings. The molecule has 2 heterocycles. The topological polar surface area (TPSA) is 54.5 Å². The van der Waals surface area contributed by atoms with Crippen LogP contribution in [-0.2, 0) is 11.3 Å². The molecule has 0 saturated carbocycles. The van der Waals surface area contributed by atoms with Crippen molar-refractivity contribution in [3.63, 3.8) is 0 Å². The van der Waals surface area contributed by atoms with Gasteiger partial charge in [0.1, 0.15) is 5.60 Å². The lowest BCUT2D eigenvalue weighted by atomic mass is 10.1. The second-order valence-electron chi connectivity index (χ2n) is 6.49. The molecule has 6 heteroatoms. The number of nitrogens with zero attached hydrogens (tertiary/aromatic N) is 2. The van der Waals surface area contributed by atoms with Gasteiger partial charge in [-0.25, -0.2) is 9.78 Å². The molecule has 118 valence electrons. The Morgan fingerprint density at radius 1 is 1.57 bits per heavy atom. The van der Waals surface area contributed by atoms with E-state index in [1.165, 1.54) is 4.88 Å². The highest BCUT2D eigenvalue weighted by molar-refractivity contribution is 7.11. The van der Waals surface area contributed by atoms with Gasteiger partial charge in [0.05, 0.1) is 5.01 Å². The van der Waals surface area contributed by atoms with Gasteiger partial charge in [-0.3, -0.25) is 0 Å². The number of hydrogen-bond donors (Lipinski definition) is 1. The van der Waals surface area contributed by atoms with E-state index >= 15 is 0 Å². The summed E-state index contributed by atoms with van der Waals surface area (Å²) in [7, 11) is 0. The van der Waals surface area contributed by atoms with Crippen molar-refractivity contribution in [1.82, 2.24) is 15.2 Å². The van der Waals surface area contributed by atoms with Crippen molar-refractivity contribution in [3.8, 4) is 0 Å². The summed E-state index contributed by atoms with van der Waals surface area (Å²) in [4.78, 5) is 19.4. The molecular weight excluding hydrogens is 286 g/mol. The predicted molar refractivity (Wildman–Crippen MR) is 84.5 cm³/mol. The third kappa shape index (κ3) is 5.28. The van der Waals surface area contributed by atoms with Crippen LogP contribution in [0.5, 0.6) is 0 Å². The van der Waals surface area contributed by atoms with Crippen LogP contribution in [0.2, 0.25) is 0 Å². The van der Waals surface area contributed by atoms with Crippen LogP contribution in [0.25, 0.3) is 0 Å². The Bertz CT molecular complexity index is 482. The van der Waals surface area contributed by atoms with Crippen LogP contribution in [0, 0.1) is 6.92 Å². The minimum Gasteiger partial charge on any atom is -0.444 e. The number of aryl methyl sites for hydroxylation is 1. The van der Waals surface area contributed by atoms with E-state index in [4.69, 9.17) is 4.74 Å². The maximum absolute atomic E-state index is 12.1. The van der Waals surface area contributed by atoms with Crippen LogP contribution >= 0.6 is 11.3 Å². The lowest BCUT2D eigenvalue weighted by Crippen LogP contribution is -2.49. The SMILES string of the molecule is Cc1ncc(CN[C@H]2CCCN(C(=O)OC(C)(C)C)C2)s1. The Labute approximate surface area is 130 Å². The molecule has 1 fully saturated rings. The van der Waals surface area contributed by atoms with Crippen LogP contribution in [0.3, 0.4) is 0 Å². The van der Waals surface area contributed by atoms with Gasteiger partial charge in [-0.1, -0.05) is 0 Å². The number of likely N-dealkylation sites (tertiary alicyclic amines) is 1. The first kappa shape index (κ1) is 16.2. The molecule has 0 unspecified atom stereocenters. The van der Waals surface area contributed by atoms with E-state index < -0.39 is 5.60 Å². The van der Waals surface area contributed by atoms with Gasteiger partial charge in [0.2, 0.25) is 0 Å². The maximum Gasteiger partial charge on any atom is 0.410 e. The molecule has 0 spiro atoms. The number of ether oxygens (including phenoxy) is 1. The Balaban J connectivity index is 1.81.